The molecule has 15 nitrogen and oxygen atoms in total. The van der Waals surface area contributed by atoms with Gasteiger partial charge in [0.2, 0.25) is 35.4 Å². The zero-order valence-corrected chi connectivity index (χ0v) is 56.0. The van der Waals surface area contributed by atoms with Gasteiger partial charge < -0.3 is 29.4 Å². The third kappa shape index (κ3) is 10.9. The van der Waals surface area contributed by atoms with E-state index in [4.69, 9.17) is 0 Å². The van der Waals surface area contributed by atoms with Gasteiger partial charge in [-0.25, -0.2) is 0 Å². The van der Waals surface area contributed by atoms with E-state index < -0.39 is 0 Å². The molecule has 18 rings (SSSR count). The van der Waals surface area contributed by atoms with Gasteiger partial charge in [-0.3, -0.25) is 43.7 Å². The minimum Gasteiger partial charge on any atom is -0.338 e. The maximum absolute atomic E-state index is 11.8. The fourth-order valence-corrected chi connectivity index (χ4v) is 18.8. The van der Waals surface area contributed by atoms with Crippen molar-refractivity contribution in [1.29, 1.82) is 0 Å². The van der Waals surface area contributed by atoms with Crippen molar-refractivity contribution in [2.45, 2.75) is 168 Å². The third-order valence-electron chi connectivity index (χ3n) is 23.7. The van der Waals surface area contributed by atoms with Crippen molar-refractivity contribution in [3.8, 4) is 0 Å². The van der Waals surface area contributed by atoms with E-state index in [9.17, 15) is 28.8 Å². The molecule has 92 heavy (non-hydrogen) atoms. The highest BCUT2D eigenvalue weighted by atomic mass is 16.2. The van der Waals surface area contributed by atoms with E-state index in [1.807, 2.05) is 96.5 Å². The van der Waals surface area contributed by atoms with Gasteiger partial charge >= 0.3 is 0 Å². The molecule has 6 aromatic rings. The Labute approximate surface area is 543 Å². The Kier molecular flexibility index (Phi) is 16.9. The number of benzene rings is 3. The Morgan fingerprint density at radius 1 is 0.315 bits per heavy atom. The second-order valence-electron chi connectivity index (χ2n) is 28.8. The van der Waals surface area contributed by atoms with Crippen LogP contribution in [0.15, 0.2) is 91.5 Å². The number of nitrogens with zero attached hydrogens (tertiary/aromatic N) is 9. The number of likely N-dealkylation sites (tertiary alicyclic amines) is 6. The number of piperidine rings is 1. The molecule has 0 bridgehead atoms. The number of aromatic nitrogens is 3. The van der Waals surface area contributed by atoms with Crippen LogP contribution in [0.2, 0.25) is 0 Å². The van der Waals surface area contributed by atoms with Crippen molar-refractivity contribution in [2.24, 2.45) is 35.5 Å². The van der Waals surface area contributed by atoms with Gasteiger partial charge in [-0.1, -0.05) is 54.6 Å². The van der Waals surface area contributed by atoms with Crippen molar-refractivity contribution in [3.05, 3.63) is 192 Å². The van der Waals surface area contributed by atoms with Crippen LogP contribution in [0.5, 0.6) is 0 Å². The molecule has 3 aromatic carbocycles. The monoisotopic (exact) mass is 1240 g/mol. The molecule has 6 fully saturated rings. The fourth-order valence-electron chi connectivity index (χ4n) is 18.8. The highest BCUT2D eigenvalue weighted by molar-refractivity contribution is 5.83. The predicted octanol–water partition coefficient (Wildman–Crippen LogP) is 11.4. The summed E-state index contributed by atoms with van der Waals surface area (Å²) >= 11 is 0. The minimum atomic E-state index is 0.243. The summed E-state index contributed by atoms with van der Waals surface area (Å²) in [4.78, 5) is 94.4. The number of pyridine rings is 3. The van der Waals surface area contributed by atoms with Crippen molar-refractivity contribution in [1.82, 2.24) is 44.4 Å². The van der Waals surface area contributed by atoms with Crippen LogP contribution in [0.1, 0.15) is 188 Å². The molecule has 12 atom stereocenters. The molecule has 0 saturated carbocycles. The van der Waals surface area contributed by atoms with E-state index >= 15 is 0 Å². The number of hydrogen-bond acceptors (Lipinski definition) is 9. The molecule has 3 aromatic heterocycles. The van der Waals surface area contributed by atoms with E-state index in [-0.39, 0.29) is 23.8 Å². The first-order chi connectivity index (χ1) is 44.1. The zero-order valence-electron chi connectivity index (χ0n) is 56.0. The molecule has 6 amide bonds. The lowest BCUT2D eigenvalue weighted by Gasteiger charge is -2.35. The number of rotatable bonds is 0. The zero-order chi connectivity index (χ0) is 64.9. The molecule has 12 aliphatic rings. The maximum atomic E-state index is 11.8. The maximum Gasteiger partial charge on any atom is 0.223 e. The number of carbonyl (C=O) groups is 6. The number of carbonyl (C=O) groups excluding carboxylic acids is 6. The molecule has 12 unspecified atom stereocenters. The van der Waals surface area contributed by atoms with Crippen LogP contribution in [0.4, 0.5) is 0 Å². The van der Waals surface area contributed by atoms with E-state index in [1.54, 1.807) is 0 Å². The lowest BCUT2D eigenvalue weighted by atomic mass is 9.79. The highest BCUT2D eigenvalue weighted by Gasteiger charge is 2.49. The van der Waals surface area contributed by atoms with Crippen LogP contribution in [0.25, 0.3) is 0 Å². The van der Waals surface area contributed by atoms with E-state index in [1.165, 1.54) is 95.4 Å². The molecule has 0 radical (unpaired) electrons. The standard InChI is InChI=1S/2C14H17NO.C13H15NO.3C12H14N2O/c1-9-4-3-5-12-11(9)7-6-10-8-13(16)15(2)14(10)12;1-9-4-3-5-11-12(9)8-10-6-7-13(16)15(2)14(10)11;1-8-4-3-5-10-11(8)6-9-7-12(15)14(2)13(9)10;1-7-5-13-6-10-9(7)3-8-4-11(15)14(2)12(8)10;1-7-10-5-8-6-11(15)14(2)12(8)9(10)3-4-13-7;1-7-3-4-13-11-9(7)5-8-6-10(15)14(2)12(8)11/h2*3-5,10,14H,6-8H2,1-2H3;3-5,9,13H,6-7H2,1-2H3;5-6,8,12H,3-4H2,1-2H3;2*3-4,8,12H,5-6H2,1-2H3. The van der Waals surface area contributed by atoms with Crippen LogP contribution in [-0.4, -0.2) is 122 Å². The first-order valence-corrected chi connectivity index (χ1v) is 33.7. The number of fused-ring (bicyclic) bond motifs is 18. The van der Waals surface area contributed by atoms with Gasteiger partial charge in [0, 0.05) is 111 Å². The average Bonchev–Trinajstić information content (AvgIpc) is 1.63. The van der Waals surface area contributed by atoms with Gasteiger partial charge in [-0.05, 0) is 230 Å². The van der Waals surface area contributed by atoms with Crippen LogP contribution in [-0.2, 0) is 67.3 Å². The summed E-state index contributed by atoms with van der Waals surface area (Å²) in [6.07, 6.45) is 20.6. The van der Waals surface area contributed by atoms with E-state index in [0.717, 1.165) is 75.6 Å². The van der Waals surface area contributed by atoms with Gasteiger partial charge in [0.25, 0.3) is 0 Å². The Morgan fingerprint density at radius 2 is 0.674 bits per heavy atom. The summed E-state index contributed by atoms with van der Waals surface area (Å²) in [6.45, 7) is 12.8. The molecular formula is C77H91N9O6. The average molecular weight is 1240 g/mol. The molecular weight excluding hydrogens is 1150 g/mol. The van der Waals surface area contributed by atoms with Crippen LogP contribution < -0.4 is 0 Å². The smallest absolute Gasteiger partial charge is 0.223 e. The summed E-state index contributed by atoms with van der Waals surface area (Å²) in [5, 5.41) is 0. The molecule has 6 saturated heterocycles. The molecule has 6 aliphatic heterocycles. The van der Waals surface area contributed by atoms with Crippen LogP contribution in [0.3, 0.4) is 0 Å². The Morgan fingerprint density at radius 3 is 1.22 bits per heavy atom. The normalized spacial score (nSPS) is 28.0. The van der Waals surface area contributed by atoms with Crippen molar-refractivity contribution in [3.63, 3.8) is 0 Å². The molecule has 9 heterocycles. The van der Waals surface area contributed by atoms with E-state index in [0.29, 0.717) is 103 Å². The summed E-state index contributed by atoms with van der Waals surface area (Å²) in [5.74, 6) is 4.90. The predicted molar refractivity (Wildman–Crippen MR) is 354 cm³/mol. The molecule has 15 heteroatoms. The van der Waals surface area contributed by atoms with Crippen molar-refractivity contribution >= 4 is 35.4 Å². The molecule has 0 N–H and O–H groups in total. The highest BCUT2D eigenvalue weighted by Crippen LogP contribution is 2.52. The fraction of sp³-hybridized carbons (Fsp3) is 0.494. The molecule has 480 valence electrons. The largest absolute Gasteiger partial charge is 0.338 e. The van der Waals surface area contributed by atoms with Gasteiger partial charge in [-0.2, -0.15) is 0 Å². The van der Waals surface area contributed by atoms with Crippen molar-refractivity contribution in [2.75, 3.05) is 42.3 Å². The third-order valence-corrected chi connectivity index (χ3v) is 23.7. The second kappa shape index (κ2) is 24.8. The lowest BCUT2D eigenvalue weighted by Crippen LogP contribution is -2.38. The topological polar surface area (TPSA) is 161 Å². The Balaban J connectivity index is 0.000000101. The van der Waals surface area contributed by atoms with Gasteiger partial charge in [-0.15, -0.1) is 0 Å². The number of aryl methyl sites for hydroxylation is 6. The summed E-state index contributed by atoms with van der Waals surface area (Å²) in [5.41, 5.74) is 24.3. The lowest BCUT2D eigenvalue weighted by molar-refractivity contribution is -0.136. The van der Waals surface area contributed by atoms with Crippen molar-refractivity contribution < 1.29 is 28.8 Å². The summed E-state index contributed by atoms with van der Waals surface area (Å²) in [7, 11) is 11.6. The number of amides is 6. The van der Waals surface area contributed by atoms with E-state index in [2.05, 4.69) is 123 Å². The quantitative estimate of drug-likeness (QED) is 0.144. The van der Waals surface area contributed by atoms with Gasteiger partial charge in [0.05, 0.1) is 41.9 Å². The molecule has 0 spiro atoms. The first-order valence-electron chi connectivity index (χ1n) is 33.7. The summed E-state index contributed by atoms with van der Waals surface area (Å²) < 4.78 is 0. The minimum absolute atomic E-state index is 0.243. The number of hydrogen-bond donors (Lipinski definition) is 0. The van der Waals surface area contributed by atoms with Gasteiger partial charge in [0.15, 0.2) is 0 Å². The summed E-state index contributed by atoms with van der Waals surface area (Å²) in [6, 6.07) is 25.5. The molecule has 6 aliphatic carbocycles. The second-order valence-corrected chi connectivity index (χ2v) is 28.8. The van der Waals surface area contributed by atoms with Crippen LogP contribution >= 0.6 is 0 Å². The Bertz CT molecular complexity index is 3640. The first kappa shape index (κ1) is 62.7. The van der Waals surface area contributed by atoms with Gasteiger partial charge in [0.1, 0.15) is 0 Å². The SMILES string of the molecule is Cc1cccc2c1CC1CC(=O)N(C)C21.Cc1cccc2c1CC1CCC(=O)N(C)C21.Cc1cccc2c1CCC1CC(=O)N(C)C21.Cc1ccnc2c1CC1CC(=O)N(C)C21.Cc1cncc2c1CC1CC(=O)N(C)C21.Cc1nccc2c1CC1CC(=O)N(C)C21. The Hall–Kier alpha value is -8.07. The van der Waals surface area contributed by atoms with Crippen LogP contribution in [0, 0.1) is 77.0 Å².